The molecule has 0 bridgehead atoms. The van der Waals surface area contributed by atoms with Gasteiger partial charge in [-0.2, -0.15) is 7.82 Å². The number of rotatable bonds is 0. The average molecular weight is 436 g/mol. The molecule has 4 rings (SSSR count). The van der Waals surface area contributed by atoms with Crippen LogP contribution in [0.3, 0.4) is 0 Å². The van der Waals surface area contributed by atoms with Crippen molar-refractivity contribution in [2.24, 2.45) is 17.3 Å². The van der Waals surface area contributed by atoms with E-state index in [1.54, 1.807) is 0 Å². The van der Waals surface area contributed by atoms with E-state index in [1.165, 1.54) is 30.4 Å². The number of aliphatic hydroxyl groups excluding tert-OH is 1. The quantitative estimate of drug-likeness (QED) is 0.307. The number of fused-ring (bicyclic) bond motifs is 5. The molecule has 0 aliphatic heterocycles. The first-order valence-electron chi connectivity index (χ1n) is 8.82. The molecule has 6 nitrogen and oxygen atoms in total. The van der Waals surface area contributed by atoms with Crippen molar-refractivity contribution in [2.45, 2.75) is 57.5 Å². The molecule has 1 aromatic carbocycles. The number of aryl methyl sites for hydroxylation is 1. The Balaban J connectivity index is 0.000000823. The molecule has 0 spiro atoms. The summed E-state index contributed by atoms with van der Waals surface area (Å²) in [5.74, 6) is 2.49. The number of benzene rings is 1. The number of aliphatic hydroxyl groups is 1. The molecule has 2 fully saturated rings. The third-order valence-corrected chi connectivity index (χ3v) is 6.66. The van der Waals surface area contributed by atoms with Crippen molar-refractivity contribution in [3.63, 3.8) is 0 Å². The van der Waals surface area contributed by atoms with Gasteiger partial charge in [0.15, 0.2) is 0 Å². The molecule has 10 heteroatoms. The van der Waals surface area contributed by atoms with Crippen LogP contribution >= 0.6 is 7.82 Å². The second-order valence-electron chi connectivity index (χ2n) is 7.88. The van der Waals surface area contributed by atoms with E-state index in [1.807, 2.05) is 12.1 Å². The van der Waals surface area contributed by atoms with Gasteiger partial charge in [0, 0.05) is 0 Å². The van der Waals surface area contributed by atoms with Crippen molar-refractivity contribution < 1.29 is 118 Å². The van der Waals surface area contributed by atoms with Crippen molar-refractivity contribution in [1.29, 1.82) is 0 Å². The predicted molar refractivity (Wildman–Crippen MR) is 86.3 cm³/mol. The number of phenols is 1. The molecular weight excluding hydrogens is 412 g/mol. The summed E-state index contributed by atoms with van der Waals surface area (Å²) in [5, 5.41) is 20.0. The van der Waals surface area contributed by atoms with E-state index in [0.717, 1.165) is 25.2 Å². The fourth-order valence-electron chi connectivity index (χ4n) is 5.54. The SMILES string of the molecule is C[C@]12CC[C@@H]3c4ccc(O)cc4CC[C@H]3[C@@H]1CCC2O.O=P([O-])([O-])[O-].[Na+].[Na+].[Na+]. The molecule has 0 saturated heterocycles. The molecule has 140 valence electrons. The Labute approximate surface area is 233 Å². The molecule has 0 radical (unpaired) electrons. The normalized spacial score (nSPS) is 32.6. The molecule has 0 heterocycles. The van der Waals surface area contributed by atoms with Crippen molar-refractivity contribution in [3.8, 4) is 5.75 Å². The molecule has 5 atom stereocenters. The molecule has 0 aromatic heterocycles. The molecular formula is C18H24Na3O6P. The van der Waals surface area contributed by atoms with Gasteiger partial charge in [0.2, 0.25) is 0 Å². The van der Waals surface area contributed by atoms with Crippen LogP contribution in [0.15, 0.2) is 18.2 Å². The van der Waals surface area contributed by atoms with E-state index in [0.29, 0.717) is 17.6 Å². The smallest absolute Gasteiger partial charge is 0.822 e. The summed E-state index contributed by atoms with van der Waals surface area (Å²) in [7, 11) is -5.39. The van der Waals surface area contributed by atoms with Gasteiger partial charge in [0.05, 0.1) is 6.10 Å². The third kappa shape index (κ3) is 6.79. The minimum atomic E-state index is -5.39. The van der Waals surface area contributed by atoms with Crippen LogP contribution in [-0.2, 0) is 11.0 Å². The number of hydrogen-bond acceptors (Lipinski definition) is 6. The Morgan fingerprint density at radius 2 is 1.68 bits per heavy atom. The van der Waals surface area contributed by atoms with E-state index in [2.05, 4.69) is 13.0 Å². The first-order valence-corrected chi connectivity index (χ1v) is 10.3. The van der Waals surface area contributed by atoms with E-state index >= 15 is 0 Å². The Bertz CT molecular complexity index is 692. The molecule has 1 aromatic rings. The van der Waals surface area contributed by atoms with E-state index in [9.17, 15) is 10.2 Å². The first-order chi connectivity index (χ1) is 11.6. The topological polar surface area (TPSA) is 127 Å². The second-order valence-corrected chi connectivity index (χ2v) is 8.78. The second kappa shape index (κ2) is 11.8. The maximum Gasteiger partial charge on any atom is 1.00 e. The molecule has 3 aliphatic carbocycles. The van der Waals surface area contributed by atoms with Gasteiger partial charge in [-0.3, -0.25) is 0 Å². The summed E-state index contributed by atoms with van der Waals surface area (Å²) in [6.45, 7) is 2.32. The average Bonchev–Trinajstić information content (AvgIpc) is 2.81. The Kier molecular flexibility index (Phi) is 12.7. The Morgan fingerprint density at radius 3 is 2.29 bits per heavy atom. The minimum absolute atomic E-state index is 0. The molecule has 28 heavy (non-hydrogen) atoms. The Hall–Kier alpha value is 2.09. The van der Waals surface area contributed by atoms with E-state index in [-0.39, 0.29) is 100 Å². The van der Waals surface area contributed by atoms with Crippen LogP contribution in [-0.4, -0.2) is 16.3 Å². The number of aromatic hydroxyl groups is 1. The van der Waals surface area contributed by atoms with Crippen LogP contribution in [0.2, 0.25) is 0 Å². The zero-order valence-corrected chi connectivity index (χ0v) is 24.2. The van der Waals surface area contributed by atoms with Gasteiger partial charge < -0.3 is 29.5 Å². The summed E-state index contributed by atoms with van der Waals surface area (Å²) in [4.78, 5) is 25.6. The van der Waals surface area contributed by atoms with Crippen LogP contribution < -0.4 is 103 Å². The molecule has 3 aliphatic rings. The van der Waals surface area contributed by atoms with Crippen LogP contribution in [0.5, 0.6) is 5.75 Å². The van der Waals surface area contributed by atoms with Gasteiger partial charge >= 0.3 is 88.7 Å². The number of phenolic OH excluding ortho intramolecular Hbond substituents is 1. The molecule has 0 amide bonds. The van der Waals surface area contributed by atoms with Crippen molar-refractivity contribution >= 4 is 7.82 Å². The van der Waals surface area contributed by atoms with Crippen LogP contribution in [0.25, 0.3) is 0 Å². The number of hydrogen-bond donors (Lipinski definition) is 2. The zero-order valence-electron chi connectivity index (χ0n) is 17.3. The summed E-state index contributed by atoms with van der Waals surface area (Å²) in [6, 6.07) is 5.96. The van der Waals surface area contributed by atoms with E-state index in [4.69, 9.17) is 19.2 Å². The Morgan fingerprint density at radius 1 is 1.07 bits per heavy atom. The summed E-state index contributed by atoms with van der Waals surface area (Å²) >= 11 is 0. The predicted octanol–water partition coefficient (Wildman–Crippen LogP) is -8.20. The fraction of sp³-hybridized carbons (Fsp3) is 0.667. The standard InChI is InChI=1S/C18H24O2.3Na.H3O4P/c1-18-9-8-14-13-5-3-12(19)10-11(13)2-4-15(14)16(18)6-7-17(18)20;;;;1-5(2,3)4/h3,5,10,14-17,19-20H,2,4,6-9H2,1H3;;;;(H3,1,2,3,4)/q;3*+1;/p-3/t14-,15-,16+,17?,18+;;;;/m1..../s1. The van der Waals surface area contributed by atoms with Gasteiger partial charge in [-0.05, 0) is 85.0 Å². The fourth-order valence-corrected chi connectivity index (χ4v) is 5.54. The van der Waals surface area contributed by atoms with Crippen LogP contribution in [0.1, 0.15) is 56.1 Å². The van der Waals surface area contributed by atoms with Crippen LogP contribution in [0.4, 0.5) is 0 Å². The van der Waals surface area contributed by atoms with Gasteiger partial charge in [0.25, 0.3) is 0 Å². The zero-order chi connectivity index (χ0) is 18.4. The molecule has 2 N–H and O–H groups in total. The van der Waals surface area contributed by atoms with Gasteiger partial charge in [-0.1, -0.05) is 13.0 Å². The molecule has 1 unspecified atom stereocenters. The summed E-state index contributed by atoms with van der Waals surface area (Å²) in [6.07, 6.45) is 6.78. The molecule has 2 saturated carbocycles. The third-order valence-electron chi connectivity index (χ3n) is 6.66. The van der Waals surface area contributed by atoms with Crippen molar-refractivity contribution in [3.05, 3.63) is 29.3 Å². The van der Waals surface area contributed by atoms with Crippen LogP contribution in [0, 0.1) is 17.3 Å². The minimum Gasteiger partial charge on any atom is -0.822 e. The van der Waals surface area contributed by atoms with Crippen molar-refractivity contribution in [2.75, 3.05) is 0 Å². The van der Waals surface area contributed by atoms with Gasteiger partial charge in [-0.25, -0.2) is 0 Å². The first kappa shape index (κ1) is 30.1. The maximum atomic E-state index is 10.4. The van der Waals surface area contributed by atoms with Gasteiger partial charge in [0.1, 0.15) is 5.75 Å². The summed E-state index contributed by atoms with van der Waals surface area (Å²) < 4.78 is 8.55. The van der Waals surface area contributed by atoms with Crippen molar-refractivity contribution in [1.82, 2.24) is 0 Å². The summed E-state index contributed by atoms with van der Waals surface area (Å²) in [5.41, 5.74) is 2.99. The monoisotopic (exact) mass is 436 g/mol. The maximum absolute atomic E-state index is 10.4. The van der Waals surface area contributed by atoms with E-state index < -0.39 is 7.82 Å². The largest absolute Gasteiger partial charge is 1.00 e. The number of phosphoric acid groups is 1. The van der Waals surface area contributed by atoms with Gasteiger partial charge in [-0.15, -0.1) is 0 Å².